The van der Waals surface area contributed by atoms with E-state index in [2.05, 4.69) is 10.0 Å². The van der Waals surface area contributed by atoms with Crippen LogP contribution in [0, 0.1) is 0 Å². The second-order valence-electron chi connectivity index (χ2n) is 5.11. The third kappa shape index (κ3) is 7.07. The van der Waals surface area contributed by atoms with Crippen LogP contribution < -0.4 is 10.0 Å². The molecule has 1 amide bonds. The number of nitrogens with one attached hydrogen (secondary N) is 2. The number of hydrogen-bond donors (Lipinski definition) is 2. The Kier molecular flexibility index (Phi) is 7.77. The Bertz CT molecular complexity index is 781. The highest BCUT2D eigenvalue weighted by molar-refractivity contribution is 7.99. The molecule has 2 rings (SSSR count). The van der Waals surface area contributed by atoms with E-state index in [1.54, 1.807) is 30.0 Å². The quantitative estimate of drug-likeness (QED) is 0.503. The van der Waals surface area contributed by atoms with Gasteiger partial charge >= 0.3 is 0 Å². The maximum atomic E-state index is 12.0. The molecule has 0 aliphatic heterocycles. The number of hydrogen-bond acceptors (Lipinski definition) is 4. The molecule has 2 aromatic rings. The molecule has 8 heteroatoms. The predicted octanol–water partition coefficient (Wildman–Crippen LogP) is 2.92. The molecule has 134 valence electrons. The average Bonchev–Trinajstić information content (AvgIpc) is 2.61. The Morgan fingerprint density at radius 1 is 1.00 bits per heavy atom. The molecule has 0 radical (unpaired) electrons. The molecule has 0 saturated carbocycles. The van der Waals surface area contributed by atoms with E-state index in [1.165, 1.54) is 12.1 Å². The van der Waals surface area contributed by atoms with Crippen LogP contribution >= 0.6 is 23.4 Å². The molecule has 0 unspecified atom stereocenters. The van der Waals surface area contributed by atoms with Gasteiger partial charge in [-0.25, -0.2) is 13.1 Å². The molecule has 25 heavy (non-hydrogen) atoms. The normalized spacial score (nSPS) is 11.2. The first-order valence-corrected chi connectivity index (χ1v) is 10.5. The molecule has 0 saturated heterocycles. The number of sulfonamides is 1. The molecule has 0 aliphatic rings. The molecule has 5 nitrogen and oxygen atoms in total. The minimum Gasteiger partial charge on any atom is -0.355 e. The van der Waals surface area contributed by atoms with Gasteiger partial charge in [0.05, 0.1) is 4.90 Å². The Labute approximate surface area is 157 Å². The number of amides is 1. The van der Waals surface area contributed by atoms with E-state index in [9.17, 15) is 13.2 Å². The number of halogens is 1. The third-order valence-corrected chi connectivity index (χ3v) is 5.95. The fourth-order valence-electron chi connectivity index (χ4n) is 1.96. The Morgan fingerprint density at radius 3 is 2.36 bits per heavy atom. The van der Waals surface area contributed by atoms with Crippen molar-refractivity contribution in [2.45, 2.75) is 16.2 Å². The van der Waals surface area contributed by atoms with Crippen LogP contribution in [0.2, 0.25) is 5.02 Å². The minimum absolute atomic E-state index is 0.0629. The van der Waals surface area contributed by atoms with Gasteiger partial charge in [0.2, 0.25) is 15.9 Å². The van der Waals surface area contributed by atoms with Gasteiger partial charge in [0.25, 0.3) is 0 Å². The predicted molar refractivity (Wildman–Crippen MR) is 101 cm³/mol. The third-order valence-electron chi connectivity index (χ3n) is 3.20. The molecule has 0 spiro atoms. The second-order valence-corrected chi connectivity index (χ2v) is 8.48. The number of carbonyl (C=O) groups excluding carboxylic acids is 1. The molecule has 0 aliphatic carbocycles. The molecule has 2 aromatic carbocycles. The molecule has 0 bridgehead atoms. The molecular weight excluding hydrogens is 380 g/mol. The van der Waals surface area contributed by atoms with Crippen molar-refractivity contribution in [2.75, 3.05) is 18.8 Å². The summed E-state index contributed by atoms with van der Waals surface area (Å²) in [6.45, 7) is 0.574. The van der Waals surface area contributed by atoms with E-state index in [0.29, 0.717) is 11.6 Å². The van der Waals surface area contributed by atoms with E-state index in [-0.39, 0.29) is 23.8 Å². The summed E-state index contributed by atoms with van der Waals surface area (Å²) in [7, 11) is -3.57. The van der Waals surface area contributed by atoms with Crippen LogP contribution in [0.4, 0.5) is 0 Å². The summed E-state index contributed by atoms with van der Waals surface area (Å²) in [6.07, 6.45) is 0.0949. The van der Waals surface area contributed by atoms with E-state index in [0.717, 1.165) is 10.6 Å². The number of thioether (sulfide) groups is 1. The van der Waals surface area contributed by atoms with Gasteiger partial charge in [0.15, 0.2) is 0 Å². The first kappa shape index (κ1) is 19.8. The maximum Gasteiger partial charge on any atom is 0.240 e. The topological polar surface area (TPSA) is 75.3 Å². The fraction of sp³-hybridized carbons (Fsp3) is 0.235. The van der Waals surface area contributed by atoms with Crippen molar-refractivity contribution in [3.8, 4) is 0 Å². The molecule has 0 aromatic heterocycles. The highest BCUT2D eigenvalue weighted by Gasteiger charge is 2.13. The van der Waals surface area contributed by atoms with Crippen LogP contribution in [0.1, 0.15) is 6.42 Å². The van der Waals surface area contributed by atoms with Crippen LogP contribution in [-0.4, -0.2) is 33.2 Å². The van der Waals surface area contributed by atoms with Crippen molar-refractivity contribution in [3.63, 3.8) is 0 Å². The minimum atomic E-state index is -3.57. The van der Waals surface area contributed by atoms with Crippen LogP contribution in [-0.2, 0) is 14.8 Å². The average molecular weight is 399 g/mol. The number of benzene rings is 2. The first-order valence-electron chi connectivity index (χ1n) is 7.67. The van der Waals surface area contributed by atoms with Crippen LogP contribution in [0.5, 0.6) is 0 Å². The largest absolute Gasteiger partial charge is 0.355 e. The monoisotopic (exact) mass is 398 g/mol. The summed E-state index contributed by atoms with van der Waals surface area (Å²) in [5.74, 6) is 0.538. The Morgan fingerprint density at radius 2 is 1.68 bits per heavy atom. The van der Waals surface area contributed by atoms with Gasteiger partial charge in [0, 0.05) is 35.2 Å². The van der Waals surface area contributed by atoms with Crippen molar-refractivity contribution >= 4 is 39.3 Å². The SMILES string of the molecule is O=C(CCNS(=O)(=O)c1ccccc1)NCCSc1ccc(Cl)cc1. The van der Waals surface area contributed by atoms with Crippen LogP contribution in [0.25, 0.3) is 0 Å². The van der Waals surface area contributed by atoms with Gasteiger partial charge in [-0.3, -0.25) is 4.79 Å². The molecule has 0 atom stereocenters. The fourth-order valence-corrected chi connectivity index (χ4v) is 3.91. The van der Waals surface area contributed by atoms with Crippen molar-refractivity contribution < 1.29 is 13.2 Å². The van der Waals surface area contributed by atoms with Crippen molar-refractivity contribution in [1.82, 2.24) is 10.0 Å². The van der Waals surface area contributed by atoms with E-state index < -0.39 is 10.0 Å². The Hall–Kier alpha value is -1.54. The summed E-state index contributed by atoms with van der Waals surface area (Å²) in [5.41, 5.74) is 0. The molecule has 0 fully saturated rings. The van der Waals surface area contributed by atoms with Crippen molar-refractivity contribution in [3.05, 3.63) is 59.6 Å². The number of rotatable bonds is 9. The van der Waals surface area contributed by atoms with Gasteiger partial charge in [-0.15, -0.1) is 11.8 Å². The zero-order valence-electron chi connectivity index (χ0n) is 13.4. The molecule has 2 N–H and O–H groups in total. The lowest BCUT2D eigenvalue weighted by molar-refractivity contribution is -0.120. The summed E-state index contributed by atoms with van der Waals surface area (Å²) in [6, 6.07) is 15.6. The maximum absolute atomic E-state index is 12.0. The zero-order chi connectivity index (χ0) is 18.1. The van der Waals surface area contributed by atoms with E-state index in [4.69, 9.17) is 11.6 Å². The summed E-state index contributed by atoms with van der Waals surface area (Å²) >= 11 is 7.43. The lowest BCUT2D eigenvalue weighted by Crippen LogP contribution is -2.31. The standard InChI is InChI=1S/C17H19ClN2O3S2/c18-14-6-8-15(9-7-14)24-13-12-19-17(21)10-11-20-25(22,23)16-4-2-1-3-5-16/h1-9,20H,10-13H2,(H,19,21). The van der Waals surface area contributed by atoms with Gasteiger partial charge in [-0.2, -0.15) is 0 Å². The molecule has 0 heterocycles. The number of carbonyl (C=O) groups is 1. The summed E-state index contributed by atoms with van der Waals surface area (Å²) in [4.78, 5) is 13.0. The smallest absolute Gasteiger partial charge is 0.240 e. The highest BCUT2D eigenvalue weighted by atomic mass is 35.5. The van der Waals surface area contributed by atoms with Crippen molar-refractivity contribution in [1.29, 1.82) is 0 Å². The van der Waals surface area contributed by atoms with E-state index >= 15 is 0 Å². The van der Waals surface area contributed by atoms with Crippen LogP contribution in [0.15, 0.2) is 64.4 Å². The summed E-state index contributed by atoms with van der Waals surface area (Å²) in [5, 5.41) is 3.46. The summed E-state index contributed by atoms with van der Waals surface area (Å²) < 4.78 is 26.4. The highest BCUT2D eigenvalue weighted by Crippen LogP contribution is 2.19. The van der Waals surface area contributed by atoms with Crippen molar-refractivity contribution in [2.24, 2.45) is 0 Å². The zero-order valence-corrected chi connectivity index (χ0v) is 15.8. The first-order chi connectivity index (χ1) is 12.0. The van der Waals surface area contributed by atoms with Gasteiger partial charge in [0.1, 0.15) is 0 Å². The van der Waals surface area contributed by atoms with Gasteiger partial charge in [-0.05, 0) is 36.4 Å². The van der Waals surface area contributed by atoms with Crippen LogP contribution in [0.3, 0.4) is 0 Å². The lowest BCUT2D eigenvalue weighted by Gasteiger charge is -2.07. The Balaban J connectivity index is 1.63. The van der Waals surface area contributed by atoms with Gasteiger partial charge in [-0.1, -0.05) is 29.8 Å². The van der Waals surface area contributed by atoms with Gasteiger partial charge < -0.3 is 5.32 Å². The van der Waals surface area contributed by atoms with E-state index in [1.807, 2.05) is 24.3 Å². The second kappa shape index (κ2) is 9.82. The molecular formula is C17H19ClN2O3S2. The lowest BCUT2D eigenvalue weighted by atomic mass is 10.4.